The molecule has 0 saturated carbocycles. The summed E-state index contributed by atoms with van der Waals surface area (Å²) in [5.41, 5.74) is 5.48. The molecule has 5 nitrogen and oxygen atoms in total. The summed E-state index contributed by atoms with van der Waals surface area (Å²) in [5.74, 6) is 0.369. The molecular weight excluding hydrogens is 178 g/mol. The van der Waals surface area contributed by atoms with Crippen molar-refractivity contribution in [3.63, 3.8) is 0 Å². The molecule has 1 aromatic heterocycles. The van der Waals surface area contributed by atoms with Gasteiger partial charge in [-0.25, -0.2) is 9.67 Å². The van der Waals surface area contributed by atoms with Crippen molar-refractivity contribution in [1.82, 2.24) is 19.7 Å². The molecule has 0 aromatic carbocycles. The molecule has 1 saturated heterocycles. The second-order valence-electron chi connectivity index (χ2n) is 4.11. The first-order valence-corrected chi connectivity index (χ1v) is 5.07. The Labute approximate surface area is 83.9 Å². The summed E-state index contributed by atoms with van der Waals surface area (Å²) < 4.78 is 1.89. The first-order chi connectivity index (χ1) is 6.66. The SMILES string of the molecule is CC(C)N1CCC(n2cnc(N)n2)C1. The van der Waals surface area contributed by atoms with E-state index in [4.69, 9.17) is 5.73 Å². The number of hydrogen-bond acceptors (Lipinski definition) is 4. The van der Waals surface area contributed by atoms with Crippen LogP contribution in [-0.2, 0) is 0 Å². The summed E-state index contributed by atoms with van der Waals surface area (Å²) >= 11 is 0. The predicted molar refractivity (Wildman–Crippen MR) is 54.8 cm³/mol. The van der Waals surface area contributed by atoms with Crippen molar-refractivity contribution in [2.45, 2.75) is 32.4 Å². The Hall–Kier alpha value is -1.10. The van der Waals surface area contributed by atoms with Gasteiger partial charge >= 0.3 is 0 Å². The van der Waals surface area contributed by atoms with Crippen LogP contribution in [0.2, 0.25) is 0 Å². The molecule has 2 N–H and O–H groups in total. The Morgan fingerprint density at radius 3 is 2.86 bits per heavy atom. The molecule has 2 heterocycles. The number of nitrogen functional groups attached to an aromatic ring is 1. The highest BCUT2D eigenvalue weighted by Gasteiger charge is 2.25. The Kier molecular flexibility index (Phi) is 2.41. The Morgan fingerprint density at radius 1 is 1.57 bits per heavy atom. The largest absolute Gasteiger partial charge is 0.367 e. The van der Waals surface area contributed by atoms with Gasteiger partial charge in [0, 0.05) is 19.1 Å². The van der Waals surface area contributed by atoms with Gasteiger partial charge in [0.2, 0.25) is 5.95 Å². The molecule has 0 radical (unpaired) electrons. The second kappa shape index (κ2) is 3.57. The minimum atomic E-state index is 0.369. The van der Waals surface area contributed by atoms with Crippen molar-refractivity contribution in [2.75, 3.05) is 18.8 Å². The summed E-state index contributed by atoms with van der Waals surface area (Å²) in [6.45, 7) is 6.64. The molecule has 1 unspecified atom stereocenters. The Balaban J connectivity index is 2.02. The van der Waals surface area contributed by atoms with E-state index in [1.54, 1.807) is 6.33 Å². The molecule has 2 rings (SSSR count). The number of likely N-dealkylation sites (tertiary alicyclic amines) is 1. The van der Waals surface area contributed by atoms with Crippen LogP contribution < -0.4 is 5.73 Å². The van der Waals surface area contributed by atoms with E-state index in [1.165, 1.54) is 0 Å². The number of anilines is 1. The lowest BCUT2D eigenvalue weighted by atomic mass is 10.3. The van der Waals surface area contributed by atoms with Crippen molar-refractivity contribution in [2.24, 2.45) is 0 Å². The van der Waals surface area contributed by atoms with E-state index in [-0.39, 0.29) is 0 Å². The Bertz CT molecular complexity index is 306. The minimum Gasteiger partial charge on any atom is -0.367 e. The molecule has 1 aliphatic heterocycles. The van der Waals surface area contributed by atoms with Crippen LogP contribution in [0.1, 0.15) is 26.3 Å². The zero-order valence-corrected chi connectivity index (χ0v) is 8.72. The highest BCUT2D eigenvalue weighted by atomic mass is 15.4. The molecule has 1 aromatic rings. The maximum atomic E-state index is 5.48. The first-order valence-electron chi connectivity index (χ1n) is 5.07. The van der Waals surface area contributed by atoms with Gasteiger partial charge in [-0.3, -0.25) is 4.90 Å². The van der Waals surface area contributed by atoms with Crippen molar-refractivity contribution in [3.8, 4) is 0 Å². The average Bonchev–Trinajstić information content (AvgIpc) is 2.70. The topological polar surface area (TPSA) is 60.0 Å². The van der Waals surface area contributed by atoms with Crippen LogP contribution in [0.25, 0.3) is 0 Å². The molecular formula is C9H17N5. The third-order valence-electron chi connectivity index (χ3n) is 2.83. The standard InChI is InChI=1S/C9H17N5/c1-7(2)13-4-3-8(5-13)14-6-11-9(10)12-14/h6-8H,3-5H2,1-2H3,(H2,10,12). The lowest BCUT2D eigenvalue weighted by Gasteiger charge is -2.19. The molecule has 1 aliphatic rings. The third-order valence-corrected chi connectivity index (χ3v) is 2.83. The monoisotopic (exact) mass is 195 g/mol. The third kappa shape index (κ3) is 1.72. The maximum Gasteiger partial charge on any atom is 0.239 e. The van der Waals surface area contributed by atoms with Crippen LogP contribution in [0.4, 0.5) is 5.95 Å². The Morgan fingerprint density at radius 2 is 2.36 bits per heavy atom. The van der Waals surface area contributed by atoms with Gasteiger partial charge < -0.3 is 5.73 Å². The predicted octanol–water partition coefficient (Wildman–Crippen LogP) is 0.515. The molecule has 1 fully saturated rings. The van der Waals surface area contributed by atoms with E-state index >= 15 is 0 Å². The molecule has 5 heteroatoms. The zero-order valence-electron chi connectivity index (χ0n) is 8.72. The molecule has 14 heavy (non-hydrogen) atoms. The van der Waals surface area contributed by atoms with Gasteiger partial charge in [-0.1, -0.05) is 0 Å². The van der Waals surface area contributed by atoms with Gasteiger partial charge in [-0.05, 0) is 20.3 Å². The van der Waals surface area contributed by atoms with E-state index in [1.807, 2.05) is 4.68 Å². The van der Waals surface area contributed by atoms with E-state index in [0.717, 1.165) is 19.5 Å². The lowest BCUT2D eigenvalue weighted by Crippen LogP contribution is -2.28. The summed E-state index contributed by atoms with van der Waals surface area (Å²) in [4.78, 5) is 6.39. The maximum absolute atomic E-state index is 5.48. The molecule has 0 amide bonds. The van der Waals surface area contributed by atoms with Gasteiger partial charge in [0.1, 0.15) is 6.33 Å². The van der Waals surface area contributed by atoms with Gasteiger partial charge in [0.25, 0.3) is 0 Å². The van der Waals surface area contributed by atoms with Gasteiger partial charge in [0.15, 0.2) is 0 Å². The van der Waals surface area contributed by atoms with Crippen LogP contribution >= 0.6 is 0 Å². The highest BCUT2D eigenvalue weighted by Crippen LogP contribution is 2.22. The summed E-state index contributed by atoms with van der Waals surface area (Å²) in [5, 5.41) is 4.14. The van der Waals surface area contributed by atoms with E-state index in [2.05, 4.69) is 28.8 Å². The van der Waals surface area contributed by atoms with Gasteiger partial charge in [-0.15, -0.1) is 5.10 Å². The van der Waals surface area contributed by atoms with Crippen molar-refractivity contribution in [1.29, 1.82) is 0 Å². The molecule has 1 atom stereocenters. The fourth-order valence-corrected chi connectivity index (χ4v) is 1.92. The molecule has 0 spiro atoms. The van der Waals surface area contributed by atoms with Crippen molar-refractivity contribution >= 4 is 5.95 Å². The fraction of sp³-hybridized carbons (Fsp3) is 0.778. The average molecular weight is 195 g/mol. The number of rotatable bonds is 2. The number of nitrogens with two attached hydrogens (primary N) is 1. The van der Waals surface area contributed by atoms with Crippen LogP contribution in [0.5, 0.6) is 0 Å². The van der Waals surface area contributed by atoms with E-state index in [0.29, 0.717) is 18.0 Å². The van der Waals surface area contributed by atoms with Crippen LogP contribution in [-0.4, -0.2) is 38.8 Å². The lowest BCUT2D eigenvalue weighted by molar-refractivity contribution is 0.262. The van der Waals surface area contributed by atoms with Crippen LogP contribution in [0.15, 0.2) is 6.33 Å². The number of aromatic nitrogens is 3. The number of nitrogens with zero attached hydrogens (tertiary/aromatic N) is 4. The summed E-state index contributed by atoms with van der Waals surface area (Å²) in [6, 6.07) is 1.06. The van der Waals surface area contributed by atoms with E-state index in [9.17, 15) is 0 Å². The van der Waals surface area contributed by atoms with Crippen LogP contribution in [0, 0.1) is 0 Å². The molecule has 0 aliphatic carbocycles. The minimum absolute atomic E-state index is 0.369. The van der Waals surface area contributed by atoms with Crippen molar-refractivity contribution < 1.29 is 0 Å². The van der Waals surface area contributed by atoms with E-state index < -0.39 is 0 Å². The zero-order chi connectivity index (χ0) is 10.1. The summed E-state index contributed by atoms with van der Waals surface area (Å²) in [7, 11) is 0. The normalized spacial score (nSPS) is 23.5. The quantitative estimate of drug-likeness (QED) is 0.747. The second-order valence-corrected chi connectivity index (χ2v) is 4.11. The van der Waals surface area contributed by atoms with Crippen LogP contribution in [0.3, 0.4) is 0 Å². The summed E-state index contributed by atoms with van der Waals surface area (Å²) in [6.07, 6.45) is 2.87. The van der Waals surface area contributed by atoms with Gasteiger partial charge in [-0.2, -0.15) is 0 Å². The van der Waals surface area contributed by atoms with Crippen molar-refractivity contribution in [3.05, 3.63) is 6.33 Å². The van der Waals surface area contributed by atoms with Gasteiger partial charge in [0.05, 0.1) is 6.04 Å². The first kappa shape index (κ1) is 9.45. The fourth-order valence-electron chi connectivity index (χ4n) is 1.92. The molecule has 78 valence electrons. The molecule has 0 bridgehead atoms. The number of hydrogen-bond donors (Lipinski definition) is 1. The highest BCUT2D eigenvalue weighted by molar-refractivity contribution is 5.09. The smallest absolute Gasteiger partial charge is 0.239 e.